The van der Waals surface area contributed by atoms with Crippen molar-refractivity contribution < 1.29 is 9.53 Å². The molecular weight excluding hydrogens is 453 g/mol. The van der Waals surface area contributed by atoms with Gasteiger partial charge in [0.05, 0.1) is 22.7 Å². The second-order valence-electron chi connectivity index (χ2n) is 7.30. The minimum atomic E-state index is -0.616. The summed E-state index contributed by atoms with van der Waals surface area (Å²) in [7, 11) is 0. The number of rotatable bonds is 8. The largest absolute Gasteiger partial charge is 0.490 e. The summed E-state index contributed by atoms with van der Waals surface area (Å²) in [6.45, 7) is 7.04. The van der Waals surface area contributed by atoms with E-state index in [0.717, 1.165) is 24.0 Å². The van der Waals surface area contributed by atoms with Crippen LogP contribution in [0.3, 0.4) is 0 Å². The van der Waals surface area contributed by atoms with Crippen LogP contribution in [0, 0.1) is 5.92 Å². The molecule has 164 valence electrons. The Hall–Kier alpha value is -2.28. The molecule has 0 spiro atoms. The molecule has 0 unspecified atom stereocenters. The van der Waals surface area contributed by atoms with Crippen molar-refractivity contribution >= 4 is 46.4 Å². The molecule has 0 radical (unpaired) electrons. The maximum absolute atomic E-state index is 13.1. The third kappa shape index (κ3) is 5.91. The van der Waals surface area contributed by atoms with E-state index in [1.807, 2.05) is 30.3 Å². The average Bonchev–Trinajstić information content (AvgIpc) is 2.74. The summed E-state index contributed by atoms with van der Waals surface area (Å²) in [5, 5.41) is 10.3. The Kier molecular flexibility index (Phi) is 8.18. The van der Waals surface area contributed by atoms with Crippen LogP contribution in [0.1, 0.15) is 36.9 Å². The van der Waals surface area contributed by atoms with Crippen LogP contribution in [0.2, 0.25) is 10.0 Å². The lowest BCUT2D eigenvalue weighted by Gasteiger charge is -2.35. The number of unbranched alkanes of at least 4 members (excludes halogenated alkanes) is 1. The van der Waals surface area contributed by atoms with Crippen LogP contribution < -0.4 is 20.7 Å². The number of hydrogen-bond acceptors (Lipinski definition) is 3. The first-order chi connectivity index (χ1) is 14.9. The van der Waals surface area contributed by atoms with E-state index in [9.17, 15) is 4.79 Å². The second-order valence-corrected chi connectivity index (χ2v) is 8.52. The van der Waals surface area contributed by atoms with E-state index in [-0.39, 0.29) is 5.91 Å². The first-order valence-electron chi connectivity index (χ1n) is 10.1. The van der Waals surface area contributed by atoms with Crippen molar-refractivity contribution in [1.29, 1.82) is 0 Å². The summed E-state index contributed by atoms with van der Waals surface area (Å²) in [6, 6.07) is 12.7. The van der Waals surface area contributed by atoms with Crippen LogP contribution in [0.15, 0.2) is 54.7 Å². The van der Waals surface area contributed by atoms with Gasteiger partial charge in [-0.2, -0.15) is 0 Å². The molecule has 31 heavy (non-hydrogen) atoms. The zero-order chi connectivity index (χ0) is 22.4. The van der Waals surface area contributed by atoms with Crippen molar-refractivity contribution in [3.8, 4) is 5.75 Å². The molecule has 1 amide bonds. The van der Waals surface area contributed by atoms with Crippen LogP contribution >= 0.6 is 35.4 Å². The molecule has 1 saturated heterocycles. The number of benzene rings is 2. The number of amides is 1. The molecule has 2 atom stereocenters. The molecule has 3 rings (SSSR count). The fourth-order valence-electron chi connectivity index (χ4n) is 3.38. The molecule has 8 heteroatoms. The van der Waals surface area contributed by atoms with E-state index >= 15 is 0 Å². The molecule has 0 aliphatic carbocycles. The van der Waals surface area contributed by atoms with Crippen molar-refractivity contribution in [3.05, 3.63) is 75.9 Å². The van der Waals surface area contributed by atoms with Gasteiger partial charge in [0.2, 0.25) is 5.91 Å². The molecule has 1 aliphatic rings. The van der Waals surface area contributed by atoms with Gasteiger partial charge >= 0.3 is 0 Å². The number of ether oxygens (including phenoxy) is 1. The van der Waals surface area contributed by atoms with Gasteiger partial charge in [-0.15, -0.1) is 0 Å². The Morgan fingerprint density at radius 2 is 1.90 bits per heavy atom. The van der Waals surface area contributed by atoms with E-state index in [0.29, 0.717) is 39.8 Å². The highest BCUT2D eigenvalue weighted by Crippen LogP contribution is 2.39. The minimum Gasteiger partial charge on any atom is -0.490 e. The normalized spacial score (nSPS) is 18.2. The van der Waals surface area contributed by atoms with Crippen LogP contribution in [0.4, 0.5) is 0 Å². The quantitative estimate of drug-likeness (QED) is 0.363. The van der Waals surface area contributed by atoms with Crippen LogP contribution in [0.5, 0.6) is 5.75 Å². The zero-order valence-corrected chi connectivity index (χ0v) is 19.5. The number of halogens is 2. The molecule has 5 nitrogen and oxygen atoms in total. The lowest BCUT2D eigenvalue weighted by atomic mass is 9.88. The third-order valence-corrected chi connectivity index (χ3v) is 5.77. The summed E-state index contributed by atoms with van der Waals surface area (Å²) < 4.78 is 5.74. The summed E-state index contributed by atoms with van der Waals surface area (Å²) in [4.78, 5) is 13.1. The number of thiocarbonyl (C=S) groups is 1. The second kappa shape index (κ2) is 10.8. The molecule has 2 aromatic carbocycles. The van der Waals surface area contributed by atoms with Gasteiger partial charge < -0.3 is 20.7 Å². The molecule has 0 saturated carbocycles. The lowest BCUT2D eigenvalue weighted by Crippen LogP contribution is -2.52. The van der Waals surface area contributed by atoms with Crippen LogP contribution in [-0.2, 0) is 11.3 Å². The fraction of sp³-hybridized carbons (Fsp3) is 0.304. The van der Waals surface area contributed by atoms with Crippen molar-refractivity contribution in [2.24, 2.45) is 5.92 Å². The number of carbonyl (C=O) groups is 1. The Morgan fingerprint density at radius 1 is 1.23 bits per heavy atom. The smallest absolute Gasteiger partial charge is 0.231 e. The zero-order valence-electron chi connectivity index (χ0n) is 17.2. The van der Waals surface area contributed by atoms with Gasteiger partial charge in [-0.3, -0.25) is 4.79 Å². The Morgan fingerprint density at radius 3 is 2.55 bits per heavy atom. The van der Waals surface area contributed by atoms with Gasteiger partial charge in [0.15, 0.2) is 10.9 Å². The molecular formula is C23H25Cl2N3O2S. The van der Waals surface area contributed by atoms with E-state index < -0.39 is 12.0 Å². The minimum absolute atomic E-state index is 0.183. The Bertz CT molecular complexity index is 946. The van der Waals surface area contributed by atoms with Gasteiger partial charge in [-0.05, 0) is 41.9 Å². The standard InChI is InChI=1S/C23H25Cl2N3O2S/c1-3-4-10-30-21-17(24)11-16(12-18(21)25)20-19(14(2)27-23(31)28-20)22(29)26-13-15-8-6-5-7-9-15/h5-9,11-12,19-20H,2-4,10,13H2,1H3,(H,26,29)(H2,27,28,31)/t19-,20-/m0/s1. The summed E-state index contributed by atoms with van der Waals surface area (Å²) in [5.41, 5.74) is 2.24. The number of carbonyl (C=O) groups excluding carboxylic acids is 1. The molecule has 0 aromatic heterocycles. The molecule has 1 aliphatic heterocycles. The molecule has 1 fully saturated rings. The van der Waals surface area contributed by atoms with Gasteiger partial charge in [0.25, 0.3) is 0 Å². The summed E-state index contributed by atoms with van der Waals surface area (Å²) in [5.74, 6) is -0.354. The molecule has 3 N–H and O–H groups in total. The fourth-order valence-corrected chi connectivity index (χ4v) is 4.25. The average molecular weight is 478 g/mol. The predicted octanol–water partition coefficient (Wildman–Crippen LogP) is 5.14. The van der Waals surface area contributed by atoms with Gasteiger partial charge in [-0.1, -0.05) is 73.5 Å². The van der Waals surface area contributed by atoms with Crippen molar-refractivity contribution in [1.82, 2.24) is 16.0 Å². The molecule has 1 heterocycles. The van der Waals surface area contributed by atoms with Crippen LogP contribution in [0.25, 0.3) is 0 Å². The number of hydrogen-bond donors (Lipinski definition) is 3. The van der Waals surface area contributed by atoms with E-state index in [1.54, 1.807) is 12.1 Å². The van der Waals surface area contributed by atoms with Crippen molar-refractivity contribution in [3.63, 3.8) is 0 Å². The molecule has 2 aromatic rings. The van der Waals surface area contributed by atoms with E-state index in [2.05, 4.69) is 29.5 Å². The van der Waals surface area contributed by atoms with Gasteiger partial charge in [-0.25, -0.2) is 0 Å². The highest BCUT2D eigenvalue weighted by molar-refractivity contribution is 7.80. The lowest BCUT2D eigenvalue weighted by molar-refractivity contribution is -0.125. The highest BCUT2D eigenvalue weighted by Gasteiger charge is 2.37. The van der Waals surface area contributed by atoms with E-state index in [4.69, 9.17) is 40.2 Å². The topological polar surface area (TPSA) is 62.4 Å². The van der Waals surface area contributed by atoms with Crippen molar-refractivity contribution in [2.75, 3.05) is 6.61 Å². The Labute approximate surface area is 198 Å². The first-order valence-corrected chi connectivity index (χ1v) is 11.3. The van der Waals surface area contributed by atoms with Crippen LogP contribution in [-0.4, -0.2) is 17.6 Å². The number of nitrogens with one attached hydrogen (secondary N) is 3. The highest BCUT2D eigenvalue weighted by atomic mass is 35.5. The van der Waals surface area contributed by atoms with E-state index in [1.165, 1.54) is 0 Å². The third-order valence-electron chi connectivity index (χ3n) is 4.99. The predicted molar refractivity (Wildman–Crippen MR) is 129 cm³/mol. The first kappa shape index (κ1) is 23.4. The summed E-state index contributed by atoms with van der Waals surface area (Å²) >= 11 is 18.2. The van der Waals surface area contributed by atoms with Crippen molar-refractivity contribution in [2.45, 2.75) is 32.4 Å². The maximum atomic E-state index is 13.1. The molecule has 0 bridgehead atoms. The monoisotopic (exact) mass is 477 g/mol. The summed E-state index contributed by atoms with van der Waals surface area (Å²) in [6.07, 6.45) is 1.91. The van der Waals surface area contributed by atoms with Gasteiger partial charge in [0.1, 0.15) is 5.92 Å². The Balaban J connectivity index is 1.83. The van der Waals surface area contributed by atoms with Gasteiger partial charge in [0, 0.05) is 12.2 Å². The maximum Gasteiger partial charge on any atom is 0.231 e. The SMILES string of the molecule is C=C1NC(=S)N[C@@H](c2cc(Cl)c(OCCCC)c(Cl)c2)[C@H]1C(=O)NCc1ccccc1.